The van der Waals surface area contributed by atoms with Crippen LogP contribution in [0.1, 0.15) is 33.1 Å². The topological polar surface area (TPSA) is 30.5 Å². The lowest BCUT2D eigenvalue weighted by molar-refractivity contribution is -0.0511. The van der Waals surface area contributed by atoms with E-state index in [1.165, 1.54) is 20.0 Å². The summed E-state index contributed by atoms with van der Waals surface area (Å²) in [5, 5.41) is 3.45. The van der Waals surface area contributed by atoms with E-state index in [1.54, 1.807) is 12.1 Å². The van der Waals surface area contributed by atoms with E-state index in [1.807, 2.05) is 6.07 Å². The highest BCUT2D eigenvalue weighted by Crippen LogP contribution is 2.34. The summed E-state index contributed by atoms with van der Waals surface area (Å²) in [5.74, 6) is 1.64. The van der Waals surface area contributed by atoms with Crippen LogP contribution in [-0.4, -0.2) is 19.8 Å². The van der Waals surface area contributed by atoms with Gasteiger partial charge in [-0.15, -0.1) is 0 Å². The Bertz CT molecular complexity index is 468. The Morgan fingerprint density at radius 3 is 2.62 bits per heavy atom. The average Bonchev–Trinajstić information content (AvgIpc) is 2.42. The molecule has 5 heteroatoms. The molecule has 1 aromatic carbocycles. The Morgan fingerprint density at radius 2 is 1.95 bits per heavy atom. The summed E-state index contributed by atoms with van der Waals surface area (Å²) in [6.45, 7) is 1.62. The van der Waals surface area contributed by atoms with Crippen LogP contribution in [0.3, 0.4) is 0 Å². The fraction of sp³-hybridized carbons (Fsp3) is 0.625. The van der Waals surface area contributed by atoms with Crippen molar-refractivity contribution in [2.45, 2.75) is 45.8 Å². The molecule has 0 spiro atoms. The van der Waals surface area contributed by atoms with Gasteiger partial charge in [0.05, 0.1) is 7.11 Å². The largest absolute Gasteiger partial charge is 0.493 e. The van der Waals surface area contributed by atoms with Crippen LogP contribution in [0.4, 0.5) is 14.5 Å². The van der Waals surface area contributed by atoms with Crippen LogP contribution in [0.25, 0.3) is 0 Å². The molecule has 0 aromatic heterocycles. The Kier molecular flexibility index (Phi) is 5.26. The number of hydrogen-bond donors (Lipinski definition) is 1. The van der Waals surface area contributed by atoms with Gasteiger partial charge in [-0.3, -0.25) is 0 Å². The molecule has 0 saturated heterocycles. The van der Waals surface area contributed by atoms with E-state index in [-0.39, 0.29) is 5.75 Å². The molecule has 1 saturated carbocycles. The highest BCUT2D eigenvalue weighted by Gasteiger charge is 2.25. The number of rotatable bonds is 5. The van der Waals surface area contributed by atoms with Gasteiger partial charge in [0, 0.05) is 17.8 Å². The summed E-state index contributed by atoms with van der Waals surface area (Å²) in [5.41, 5.74) is 0.789. The zero-order valence-electron chi connectivity index (χ0n) is 12.7. The molecule has 3 atom stereocenters. The number of nitrogens with one attached hydrogen (secondary N) is 1. The molecule has 3 unspecified atom stereocenters. The first-order valence-corrected chi connectivity index (χ1v) is 7.39. The highest BCUT2D eigenvalue weighted by atomic mass is 19.3. The minimum absolute atomic E-state index is 0.0639. The molecule has 118 valence electrons. The van der Waals surface area contributed by atoms with E-state index < -0.39 is 6.61 Å². The van der Waals surface area contributed by atoms with Crippen molar-refractivity contribution in [2.24, 2.45) is 11.8 Å². The number of anilines is 1. The Hall–Kier alpha value is -1.52. The third-order valence-corrected chi connectivity index (χ3v) is 4.19. The summed E-state index contributed by atoms with van der Waals surface area (Å²) in [6.07, 6.45) is 3.54. The van der Waals surface area contributed by atoms with Crippen molar-refractivity contribution in [2.75, 3.05) is 12.4 Å². The second-order valence-electron chi connectivity index (χ2n) is 5.89. The highest BCUT2D eigenvalue weighted by molar-refractivity contribution is 5.55. The molecule has 3 nitrogen and oxygen atoms in total. The van der Waals surface area contributed by atoms with Gasteiger partial charge in [-0.2, -0.15) is 8.78 Å². The fourth-order valence-electron chi connectivity index (χ4n) is 2.90. The number of benzene rings is 1. The summed E-state index contributed by atoms with van der Waals surface area (Å²) >= 11 is 0. The molecule has 1 fully saturated rings. The van der Waals surface area contributed by atoms with E-state index >= 15 is 0 Å². The standard InChI is InChI=1S/C16H23F2NO2/c1-10-4-5-11(2)13(8-10)19-12-6-7-14(20-3)15(9-12)21-16(17)18/h6-7,9-11,13,16,19H,4-5,8H2,1-3H3. The van der Waals surface area contributed by atoms with E-state index in [2.05, 4.69) is 23.9 Å². The van der Waals surface area contributed by atoms with E-state index in [9.17, 15) is 8.78 Å². The molecule has 1 aromatic rings. The SMILES string of the molecule is COc1ccc(NC2CC(C)CCC2C)cc1OC(F)F. The van der Waals surface area contributed by atoms with Crippen LogP contribution in [0.15, 0.2) is 18.2 Å². The lowest BCUT2D eigenvalue weighted by Crippen LogP contribution is -2.33. The molecule has 0 bridgehead atoms. The van der Waals surface area contributed by atoms with Crippen molar-refractivity contribution in [1.82, 2.24) is 0 Å². The van der Waals surface area contributed by atoms with Gasteiger partial charge < -0.3 is 14.8 Å². The number of ether oxygens (including phenoxy) is 2. The van der Waals surface area contributed by atoms with E-state index in [0.717, 1.165) is 12.1 Å². The summed E-state index contributed by atoms with van der Waals surface area (Å²) in [6, 6.07) is 5.43. The smallest absolute Gasteiger partial charge is 0.387 e. The van der Waals surface area contributed by atoms with E-state index in [0.29, 0.717) is 23.6 Å². The lowest BCUT2D eigenvalue weighted by atomic mass is 9.80. The second kappa shape index (κ2) is 6.96. The van der Waals surface area contributed by atoms with Gasteiger partial charge in [-0.25, -0.2) is 0 Å². The zero-order chi connectivity index (χ0) is 15.4. The predicted molar refractivity (Wildman–Crippen MR) is 79.2 cm³/mol. The van der Waals surface area contributed by atoms with Gasteiger partial charge in [-0.05, 0) is 36.8 Å². The first-order valence-electron chi connectivity index (χ1n) is 7.39. The molecular formula is C16H23F2NO2. The van der Waals surface area contributed by atoms with Crippen molar-refractivity contribution in [3.05, 3.63) is 18.2 Å². The normalized spacial score (nSPS) is 25.7. The van der Waals surface area contributed by atoms with Gasteiger partial charge >= 0.3 is 6.61 Å². The average molecular weight is 299 g/mol. The van der Waals surface area contributed by atoms with Gasteiger partial charge in [0.15, 0.2) is 11.5 Å². The number of hydrogen-bond acceptors (Lipinski definition) is 3. The minimum atomic E-state index is -2.86. The maximum absolute atomic E-state index is 12.4. The van der Waals surface area contributed by atoms with Crippen LogP contribution >= 0.6 is 0 Å². The van der Waals surface area contributed by atoms with Gasteiger partial charge in [0.25, 0.3) is 0 Å². The molecule has 0 radical (unpaired) electrons. The molecule has 1 aliphatic rings. The molecule has 1 N–H and O–H groups in total. The quantitative estimate of drug-likeness (QED) is 0.866. The first-order chi connectivity index (χ1) is 9.99. The Labute approximate surface area is 124 Å². The molecule has 0 amide bonds. The van der Waals surface area contributed by atoms with Gasteiger partial charge in [-0.1, -0.05) is 20.3 Å². The fourth-order valence-corrected chi connectivity index (χ4v) is 2.90. The van der Waals surface area contributed by atoms with Crippen molar-refractivity contribution < 1.29 is 18.3 Å². The number of methoxy groups -OCH3 is 1. The molecular weight excluding hydrogens is 276 g/mol. The van der Waals surface area contributed by atoms with Crippen LogP contribution < -0.4 is 14.8 Å². The van der Waals surface area contributed by atoms with Crippen molar-refractivity contribution in [3.63, 3.8) is 0 Å². The summed E-state index contributed by atoms with van der Waals surface area (Å²) < 4.78 is 34.4. The monoisotopic (exact) mass is 299 g/mol. The van der Waals surface area contributed by atoms with Crippen LogP contribution in [0.5, 0.6) is 11.5 Å². The van der Waals surface area contributed by atoms with Gasteiger partial charge in [0.2, 0.25) is 0 Å². The lowest BCUT2D eigenvalue weighted by Gasteiger charge is -2.34. The second-order valence-corrected chi connectivity index (χ2v) is 5.89. The van der Waals surface area contributed by atoms with Gasteiger partial charge in [0.1, 0.15) is 0 Å². The zero-order valence-corrected chi connectivity index (χ0v) is 12.7. The molecule has 0 aliphatic heterocycles. The van der Waals surface area contributed by atoms with Crippen molar-refractivity contribution in [1.29, 1.82) is 0 Å². The third kappa shape index (κ3) is 4.22. The van der Waals surface area contributed by atoms with Crippen molar-refractivity contribution in [3.8, 4) is 11.5 Å². The van der Waals surface area contributed by atoms with Crippen LogP contribution in [-0.2, 0) is 0 Å². The van der Waals surface area contributed by atoms with Crippen molar-refractivity contribution >= 4 is 5.69 Å². The number of alkyl halides is 2. The summed E-state index contributed by atoms with van der Waals surface area (Å²) in [4.78, 5) is 0. The third-order valence-electron chi connectivity index (χ3n) is 4.19. The first kappa shape index (κ1) is 15.9. The molecule has 0 heterocycles. The molecule has 2 rings (SSSR count). The molecule has 1 aliphatic carbocycles. The predicted octanol–water partition coefficient (Wildman–Crippen LogP) is 4.53. The molecule has 21 heavy (non-hydrogen) atoms. The van der Waals surface area contributed by atoms with E-state index in [4.69, 9.17) is 4.74 Å². The Morgan fingerprint density at radius 1 is 1.19 bits per heavy atom. The summed E-state index contributed by atoms with van der Waals surface area (Å²) in [7, 11) is 1.44. The maximum Gasteiger partial charge on any atom is 0.387 e. The minimum Gasteiger partial charge on any atom is -0.493 e. The maximum atomic E-state index is 12.4. The Balaban J connectivity index is 2.12. The number of halogens is 2. The van der Waals surface area contributed by atoms with Crippen LogP contribution in [0, 0.1) is 11.8 Å². The van der Waals surface area contributed by atoms with Crippen LogP contribution in [0.2, 0.25) is 0 Å².